The van der Waals surface area contributed by atoms with Gasteiger partial charge in [-0.25, -0.2) is 4.79 Å². The number of thiophene rings is 1. The minimum atomic E-state index is -0.257. The highest BCUT2D eigenvalue weighted by Crippen LogP contribution is 2.18. The second-order valence-electron chi connectivity index (χ2n) is 3.72. The van der Waals surface area contributed by atoms with Gasteiger partial charge in [-0.3, -0.25) is 0 Å². The normalized spacial score (nSPS) is 15.2. The molecule has 0 spiro atoms. The molecule has 1 aliphatic heterocycles. The lowest BCUT2D eigenvalue weighted by atomic mass is 10.1. The topological polar surface area (TPSA) is 35.5 Å². The second-order valence-corrected chi connectivity index (χ2v) is 4.72. The molecule has 86 valence electrons. The van der Waals surface area contributed by atoms with Gasteiger partial charge in [0.25, 0.3) is 0 Å². The molecule has 1 aromatic rings. The van der Waals surface area contributed by atoms with Crippen LogP contribution in [0.5, 0.6) is 0 Å². The van der Waals surface area contributed by atoms with Gasteiger partial charge in [-0.05, 0) is 36.8 Å². The lowest BCUT2D eigenvalue weighted by Gasteiger charge is -2.12. The molecule has 3 nitrogen and oxygen atoms in total. The number of hydrogen-bond donors (Lipinski definition) is 0. The summed E-state index contributed by atoms with van der Waals surface area (Å²) in [5, 5.41) is 2.00. The minimum Gasteiger partial charge on any atom is -0.501 e. The number of aryl methyl sites for hydroxylation is 1. The summed E-state index contributed by atoms with van der Waals surface area (Å²) in [6.45, 7) is 3.07. The van der Waals surface area contributed by atoms with Crippen molar-refractivity contribution in [2.24, 2.45) is 0 Å². The van der Waals surface area contributed by atoms with Crippen LogP contribution in [0.15, 0.2) is 23.3 Å². The van der Waals surface area contributed by atoms with E-state index in [1.165, 1.54) is 11.8 Å². The van der Waals surface area contributed by atoms with Gasteiger partial charge in [0, 0.05) is 4.88 Å². The fourth-order valence-electron chi connectivity index (χ4n) is 1.49. The molecule has 0 bridgehead atoms. The summed E-state index contributed by atoms with van der Waals surface area (Å²) >= 11 is 1.61. The monoisotopic (exact) mass is 238 g/mol. The zero-order chi connectivity index (χ0) is 11.4. The summed E-state index contributed by atoms with van der Waals surface area (Å²) in [4.78, 5) is 12.7. The van der Waals surface area contributed by atoms with Gasteiger partial charge in [-0.2, -0.15) is 0 Å². The largest absolute Gasteiger partial charge is 0.501 e. The van der Waals surface area contributed by atoms with E-state index in [2.05, 4.69) is 0 Å². The van der Waals surface area contributed by atoms with Crippen LogP contribution in [0.1, 0.15) is 23.3 Å². The van der Waals surface area contributed by atoms with Gasteiger partial charge < -0.3 is 9.47 Å². The molecular formula is C12H14O3S. The Morgan fingerprint density at radius 3 is 3.12 bits per heavy atom. The molecule has 16 heavy (non-hydrogen) atoms. The zero-order valence-electron chi connectivity index (χ0n) is 9.19. The molecule has 2 rings (SSSR count). The molecule has 0 aliphatic carbocycles. The quantitative estimate of drug-likeness (QED) is 0.760. The maximum absolute atomic E-state index is 11.6. The van der Waals surface area contributed by atoms with Crippen LogP contribution < -0.4 is 0 Å². The highest BCUT2D eigenvalue weighted by molar-refractivity contribution is 7.10. The first-order valence-corrected chi connectivity index (χ1v) is 6.16. The van der Waals surface area contributed by atoms with Crippen molar-refractivity contribution in [3.05, 3.63) is 33.7 Å². The van der Waals surface area contributed by atoms with E-state index in [-0.39, 0.29) is 5.97 Å². The van der Waals surface area contributed by atoms with Crippen LogP contribution in [-0.2, 0) is 20.9 Å². The smallest absolute Gasteiger partial charge is 0.337 e. The predicted molar refractivity (Wildman–Crippen MR) is 62.1 cm³/mol. The van der Waals surface area contributed by atoms with E-state index in [1.807, 2.05) is 18.4 Å². The predicted octanol–water partition coefficient (Wildman–Crippen LogP) is 2.79. The second kappa shape index (κ2) is 5.16. The Morgan fingerprint density at radius 2 is 2.50 bits per heavy atom. The molecule has 1 aliphatic rings. The molecule has 0 atom stereocenters. The van der Waals surface area contributed by atoms with Crippen molar-refractivity contribution >= 4 is 17.3 Å². The Kier molecular flexibility index (Phi) is 3.62. The fourth-order valence-corrected chi connectivity index (χ4v) is 2.31. The fraction of sp³-hybridized carbons (Fsp3) is 0.417. The number of ether oxygens (including phenoxy) is 2. The Labute approximate surface area is 98.7 Å². The molecule has 1 aromatic heterocycles. The molecule has 0 unspecified atom stereocenters. The Morgan fingerprint density at radius 1 is 1.62 bits per heavy atom. The number of esters is 1. The van der Waals surface area contributed by atoms with Crippen molar-refractivity contribution in [2.45, 2.75) is 26.4 Å². The maximum Gasteiger partial charge on any atom is 0.337 e. The molecule has 4 heteroatoms. The standard InChI is InChI=1S/C12H14O3S/c1-9-4-6-16-11(9)8-15-12(13)10-3-2-5-14-7-10/h4,6-7H,2-3,5,8H2,1H3. The van der Waals surface area contributed by atoms with Gasteiger partial charge in [-0.15, -0.1) is 11.3 Å². The highest BCUT2D eigenvalue weighted by atomic mass is 32.1. The minimum absolute atomic E-state index is 0.257. The Bertz CT molecular complexity index is 406. The number of carbonyl (C=O) groups excluding carboxylic acids is 1. The number of rotatable bonds is 3. The highest BCUT2D eigenvalue weighted by Gasteiger charge is 2.15. The van der Waals surface area contributed by atoms with Crippen molar-refractivity contribution < 1.29 is 14.3 Å². The van der Waals surface area contributed by atoms with Gasteiger partial charge in [0.05, 0.1) is 18.4 Å². The molecule has 0 radical (unpaired) electrons. The average molecular weight is 238 g/mol. The summed E-state index contributed by atoms with van der Waals surface area (Å²) in [6.07, 6.45) is 3.16. The van der Waals surface area contributed by atoms with Crippen molar-refractivity contribution in [2.75, 3.05) is 6.61 Å². The van der Waals surface area contributed by atoms with Crippen LogP contribution >= 0.6 is 11.3 Å². The van der Waals surface area contributed by atoms with Crippen LogP contribution in [0.25, 0.3) is 0 Å². The number of carbonyl (C=O) groups is 1. The third-order valence-electron chi connectivity index (χ3n) is 2.50. The third kappa shape index (κ3) is 2.64. The van der Waals surface area contributed by atoms with Crippen molar-refractivity contribution in [1.82, 2.24) is 0 Å². The molecule has 0 N–H and O–H groups in total. The van der Waals surface area contributed by atoms with Crippen LogP contribution in [0.2, 0.25) is 0 Å². The van der Waals surface area contributed by atoms with Crippen LogP contribution in [0.3, 0.4) is 0 Å². The van der Waals surface area contributed by atoms with Crippen molar-refractivity contribution in [3.8, 4) is 0 Å². The molecule has 2 heterocycles. The zero-order valence-corrected chi connectivity index (χ0v) is 10.0. The van der Waals surface area contributed by atoms with E-state index in [1.54, 1.807) is 11.3 Å². The summed E-state index contributed by atoms with van der Waals surface area (Å²) in [6, 6.07) is 2.02. The first kappa shape index (κ1) is 11.2. The van der Waals surface area contributed by atoms with Crippen LogP contribution in [0, 0.1) is 6.92 Å². The first-order chi connectivity index (χ1) is 7.77. The van der Waals surface area contributed by atoms with Crippen molar-refractivity contribution in [1.29, 1.82) is 0 Å². The summed E-state index contributed by atoms with van der Waals surface area (Å²) < 4.78 is 10.3. The maximum atomic E-state index is 11.6. The van der Waals surface area contributed by atoms with Crippen LogP contribution in [0.4, 0.5) is 0 Å². The molecule has 0 saturated carbocycles. The Balaban J connectivity index is 1.88. The van der Waals surface area contributed by atoms with Gasteiger partial charge in [0.1, 0.15) is 6.61 Å². The SMILES string of the molecule is Cc1ccsc1COC(=O)C1=COCCC1. The number of hydrogen-bond acceptors (Lipinski definition) is 4. The third-order valence-corrected chi connectivity index (χ3v) is 3.50. The van der Waals surface area contributed by atoms with E-state index in [9.17, 15) is 4.79 Å². The van der Waals surface area contributed by atoms with E-state index in [0.29, 0.717) is 18.8 Å². The van der Waals surface area contributed by atoms with E-state index >= 15 is 0 Å². The lowest BCUT2D eigenvalue weighted by Crippen LogP contribution is -2.12. The summed E-state index contributed by atoms with van der Waals surface area (Å²) in [5.74, 6) is -0.257. The summed E-state index contributed by atoms with van der Waals surface area (Å²) in [7, 11) is 0. The molecule has 0 saturated heterocycles. The van der Waals surface area contributed by atoms with Gasteiger partial charge >= 0.3 is 5.97 Å². The van der Waals surface area contributed by atoms with Gasteiger partial charge in [0.15, 0.2) is 0 Å². The van der Waals surface area contributed by atoms with Gasteiger partial charge in [0.2, 0.25) is 0 Å². The molecule has 0 fully saturated rings. The lowest BCUT2D eigenvalue weighted by molar-refractivity contribution is -0.140. The van der Waals surface area contributed by atoms with E-state index in [0.717, 1.165) is 17.7 Å². The Hall–Kier alpha value is -1.29. The average Bonchev–Trinajstić information content (AvgIpc) is 2.73. The molecule has 0 aromatic carbocycles. The summed E-state index contributed by atoms with van der Waals surface area (Å²) in [5.41, 5.74) is 1.81. The van der Waals surface area contributed by atoms with Gasteiger partial charge in [-0.1, -0.05) is 0 Å². The molecular weight excluding hydrogens is 224 g/mol. The first-order valence-electron chi connectivity index (χ1n) is 5.28. The van der Waals surface area contributed by atoms with Crippen LogP contribution in [-0.4, -0.2) is 12.6 Å². The molecule has 0 amide bonds. The van der Waals surface area contributed by atoms with E-state index in [4.69, 9.17) is 9.47 Å². The van der Waals surface area contributed by atoms with E-state index < -0.39 is 0 Å². The van der Waals surface area contributed by atoms with Crippen molar-refractivity contribution in [3.63, 3.8) is 0 Å².